The van der Waals surface area contributed by atoms with Crippen LogP contribution in [0.25, 0.3) is 0 Å². The molecule has 0 bridgehead atoms. The van der Waals surface area contributed by atoms with Crippen LogP contribution in [0.2, 0.25) is 0 Å². The third-order valence-electron chi connectivity index (χ3n) is 3.99. The van der Waals surface area contributed by atoms with Gasteiger partial charge in [0.15, 0.2) is 0 Å². The number of carbonyl (C=O) groups is 1. The average Bonchev–Trinajstić information content (AvgIpc) is 2.82. The van der Waals surface area contributed by atoms with Crippen LogP contribution < -0.4 is 5.32 Å². The van der Waals surface area contributed by atoms with Crippen LogP contribution in [0.5, 0.6) is 0 Å². The molecule has 1 saturated heterocycles. The van der Waals surface area contributed by atoms with Crippen LogP contribution in [0.4, 0.5) is 0 Å². The minimum Gasteiger partial charge on any atom is -0.341 e. The molecule has 86 valence electrons. The summed E-state index contributed by atoms with van der Waals surface area (Å²) in [6.45, 7) is 1.95. The zero-order valence-corrected chi connectivity index (χ0v) is 9.72. The predicted octanol–water partition coefficient (Wildman–Crippen LogP) is 1.53. The number of likely N-dealkylation sites (N-methyl/N-ethyl adjacent to an activating group) is 1. The first-order valence-electron chi connectivity index (χ1n) is 6.27. The summed E-state index contributed by atoms with van der Waals surface area (Å²) >= 11 is 0. The lowest BCUT2D eigenvalue weighted by Gasteiger charge is -2.38. The Kier molecular flexibility index (Phi) is 3.29. The molecule has 0 radical (unpaired) electrons. The zero-order valence-electron chi connectivity index (χ0n) is 9.72. The number of carbonyl (C=O) groups excluding carboxylic acids is 1. The summed E-state index contributed by atoms with van der Waals surface area (Å²) < 4.78 is 0. The Bertz CT molecular complexity index is 228. The van der Waals surface area contributed by atoms with Gasteiger partial charge in [0.1, 0.15) is 0 Å². The number of rotatable bonds is 2. The standard InChI is InChI=1S/C12H22N2O/c1-13-12(7-3-2-4-8-12)11(15)14-9-5-6-10-14/h13H,2-10H2,1H3. The molecule has 0 aromatic rings. The topological polar surface area (TPSA) is 32.3 Å². The first-order valence-corrected chi connectivity index (χ1v) is 6.27. The quantitative estimate of drug-likeness (QED) is 0.749. The summed E-state index contributed by atoms with van der Waals surface area (Å²) in [7, 11) is 1.94. The van der Waals surface area contributed by atoms with E-state index in [4.69, 9.17) is 0 Å². The second-order valence-electron chi connectivity index (χ2n) is 4.89. The molecule has 2 fully saturated rings. The number of nitrogens with zero attached hydrogens (tertiary/aromatic N) is 1. The van der Waals surface area contributed by atoms with Crippen LogP contribution in [-0.2, 0) is 4.79 Å². The molecule has 0 atom stereocenters. The Morgan fingerprint density at radius 3 is 2.20 bits per heavy atom. The van der Waals surface area contributed by atoms with Crippen molar-refractivity contribution in [1.82, 2.24) is 10.2 Å². The second-order valence-corrected chi connectivity index (χ2v) is 4.89. The normalized spacial score (nSPS) is 25.5. The van der Waals surface area contributed by atoms with E-state index in [0.29, 0.717) is 5.91 Å². The van der Waals surface area contributed by atoms with Gasteiger partial charge in [-0.25, -0.2) is 0 Å². The highest BCUT2D eigenvalue weighted by atomic mass is 16.2. The van der Waals surface area contributed by atoms with Gasteiger partial charge in [-0.1, -0.05) is 19.3 Å². The maximum atomic E-state index is 12.4. The first-order chi connectivity index (χ1) is 7.28. The minimum absolute atomic E-state index is 0.220. The molecule has 15 heavy (non-hydrogen) atoms. The van der Waals surface area contributed by atoms with E-state index >= 15 is 0 Å². The molecular weight excluding hydrogens is 188 g/mol. The van der Waals surface area contributed by atoms with Crippen LogP contribution in [0.15, 0.2) is 0 Å². The number of amides is 1. The molecule has 0 aromatic heterocycles. The van der Waals surface area contributed by atoms with Gasteiger partial charge >= 0.3 is 0 Å². The summed E-state index contributed by atoms with van der Waals surface area (Å²) in [5.41, 5.74) is -0.220. The van der Waals surface area contributed by atoms with Gasteiger partial charge in [0.25, 0.3) is 0 Å². The predicted molar refractivity (Wildman–Crippen MR) is 60.7 cm³/mol. The summed E-state index contributed by atoms with van der Waals surface area (Å²) in [5.74, 6) is 0.363. The highest BCUT2D eigenvalue weighted by Crippen LogP contribution is 2.30. The first kappa shape index (κ1) is 10.9. The SMILES string of the molecule is CNC1(C(=O)N2CCCC2)CCCCC1. The molecule has 1 aliphatic heterocycles. The Morgan fingerprint density at radius 1 is 1.07 bits per heavy atom. The van der Waals surface area contributed by atoms with Crippen molar-refractivity contribution in [3.8, 4) is 0 Å². The number of hydrogen-bond donors (Lipinski definition) is 1. The number of hydrogen-bond acceptors (Lipinski definition) is 2. The third kappa shape index (κ3) is 2.03. The summed E-state index contributed by atoms with van der Waals surface area (Å²) in [4.78, 5) is 14.5. The zero-order chi connectivity index (χ0) is 10.7. The van der Waals surface area contributed by atoms with Crippen LogP contribution in [0.1, 0.15) is 44.9 Å². The van der Waals surface area contributed by atoms with Crippen molar-refractivity contribution in [2.45, 2.75) is 50.5 Å². The molecule has 2 rings (SSSR count). The van der Waals surface area contributed by atoms with Crippen LogP contribution in [0, 0.1) is 0 Å². The molecule has 1 amide bonds. The van der Waals surface area contributed by atoms with Crippen molar-refractivity contribution in [1.29, 1.82) is 0 Å². The maximum absolute atomic E-state index is 12.4. The van der Waals surface area contributed by atoms with E-state index in [0.717, 1.165) is 25.9 Å². The van der Waals surface area contributed by atoms with Crippen molar-refractivity contribution in [2.24, 2.45) is 0 Å². The largest absolute Gasteiger partial charge is 0.341 e. The van der Waals surface area contributed by atoms with Crippen LogP contribution >= 0.6 is 0 Å². The molecule has 0 unspecified atom stereocenters. The monoisotopic (exact) mass is 210 g/mol. The molecule has 3 heteroatoms. The van der Waals surface area contributed by atoms with Crippen LogP contribution in [0.3, 0.4) is 0 Å². The van der Waals surface area contributed by atoms with E-state index in [2.05, 4.69) is 10.2 Å². The van der Waals surface area contributed by atoms with Gasteiger partial charge in [-0.3, -0.25) is 4.79 Å². The fraction of sp³-hybridized carbons (Fsp3) is 0.917. The van der Waals surface area contributed by atoms with Crippen molar-refractivity contribution in [2.75, 3.05) is 20.1 Å². The number of nitrogens with one attached hydrogen (secondary N) is 1. The van der Waals surface area contributed by atoms with Gasteiger partial charge in [0.05, 0.1) is 5.54 Å². The van der Waals surface area contributed by atoms with E-state index < -0.39 is 0 Å². The van der Waals surface area contributed by atoms with E-state index in [1.54, 1.807) is 0 Å². The molecule has 1 aliphatic carbocycles. The molecular formula is C12H22N2O. The van der Waals surface area contributed by atoms with Crippen molar-refractivity contribution < 1.29 is 4.79 Å². The highest BCUT2D eigenvalue weighted by Gasteiger charge is 2.41. The number of likely N-dealkylation sites (tertiary alicyclic amines) is 1. The van der Waals surface area contributed by atoms with Gasteiger partial charge in [0, 0.05) is 13.1 Å². The van der Waals surface area contributed by atoms with Crippen LogP contribution in [-0.4, -0.2) is 36.5 Å². The van der Waals surface area contributed by atoms with E-state index in [-0.39, 0.29) is 5.54 Å². The third-order valence-corrected chi connectivity index (χ3v) is 3.99. The van der Waals surface area contributed by atoms with Gasteiger partial charge in [0.2, 0.25) is 5.91 Å². The van der Waals surface area contributed by atoms with Crippen molar-refractivity contribution in [3.05, 3.63) is 0 Å². The molecule has 2 aliphatic rings. The van der Waals surface area contributed by atoms with Crippen molar-refractivity contribution >= 4 is 5.91 Å². The minimum atomic E-state index is -0.220. The Labute approximate surface area is 92.2 Å². The average molecular weight is 210 g/mol. The molecule has 1 N–H and O–H groups in total. The van der Waals surface area contributed by atoms with Gasteiger partial charge in [-0.05, 0) is 32.7 Å². The molecule has 1 saturated carbocycles. The molecule has 3 nitrogen and oxygen atoms in total. The van der Waals surface area contributed by atoms with E-state index in [1.165, 1.54) is 32.1 Å². The van der Waals surface area contributed by atoms with Gasteiger partial charge in [-0.15, -0.1) is 0 Å². The maximum Gasteiger partial charge on any atom is 0.242 e. The summed E-state index contributed by atoms with van der Waals surface area (Å²) in [5, 5.41) is 3.30. The molecule has 0 spiro atoms. The summed E-state index contributed by atoms with van der Waals surface area (Å²) in [6, 6.07) is 0. The Hall–Kier alpha value is -0.570. The molecule has 0 aromatic carbocycles. The Balaban J connectivity index is 2.06. The van der Waals surface area contributed by atoms with E-state index in [9.17, 15) is 4.79 Å². The van der Waals surface area contributed by atoms with Gasteiger partial charge < -0.3 is 10.2 Å². The highest BCUT2D eigenvalue weighted by molar-refractivity contribution is 5.86. The fourth-order valence-corrected chi connectivity index (χ4v) is 2.95. The lowest BCUT2D eigenvalue weighted by molar-refractivity contribution is -0.138. The van der Waals surface area contributed by atoms with E-state index in [1.807, 2.05) is 7.05 Å². The Morgan fingerprint density at radius 2 is 1.67 bits per heavy atom. The second kappa shape index (κ2) is 4.52. The lowest BCUT2D eigenvalue weighted by atomic mass is 9.80. The van der Waals surface area contributed by atoms with Crippen molar-refractivity contribution in [3.63, 3.8) is 0 Å². The lowest BCUT2D eigenvalue weighted by Crippen LogP contribution is -2.57. The fourth-order valence-electron chi connectivity index (χ4n) is 2.95. The smallest absolute Gasteiger partial charge is 0.242 e. The molecule has 1 heterocycles. The summed E-state index contributed by atoms with van der Waals surface area (Å²) in [6.07, 6.45) is 8.10. The van der Waals surface area contributed by atoms with Gasteiger partial charge in [-0.2, -0.15) is 0 Å².